The molecule has 1 saturated heterocycles. The Morgan fingerprint density at radius 1 is 0.861 bits per heavy atom. The van der Waals surface area contributed by atoms with E-state index in [0.29, 0.717) is 45.8 Å². The number of piperidine rings is 1. The van der Waals surface area contributed by atoms with Crippen molar-refractivity contribution in [1.29, 1.82) is 0 Å². The summed E-state index contributed by atoms with van der Waals surface area (Å²) in [6.07, 6.45) is 2.68. The third-order valence-electron chi connectivity index (χ3n) is 6.25. The molecule has 1 amide bonds. The van der Waals surface area contributed by atoms with Gasteiger partial charge in [0.25, 0.3) is 5.91 Å². The van der Waals surface area contributed by atoms with Crippen molar-refractivity contribution >= 4 is 55.7 Å². The number of benzene rings is 3. The standard InChI is InChI=1S/C27H23Cl2N3O3S/c28-22-10-4-2-9-20(22)25-17-21(19-8-3-5-11-24(19)30-25)27(33)31-26-16-18(12-13-23(26)29)36(34,35)32-14-6-1-7-15-32/h2-5,8-13,16-17H,1,6-7,14-15H2,(H,31,33). The molecule has 0 unspecified atom stereocenters. The van der Waals surface area contributed by atoms with Crippen LogP contribution >= 0.6 is 23.2 Å². The Bertz CT molecular complexity index is 1570. The average molecular weight is 540 g/mol. The highest BCUT2D eigenvalue weighted by Gasteiger charge is 2.27. The van der Waals surface area contributed by atoms with Gasteiger partial charge in [-0.2, -0.15) is 4.31 Å². The van der Waals surface area contributed by atoms with Gasteiger partial charge in [-0.3, -0.25) is 4.79 Å². The van der Waals surface area contributed by atoms with Crippen molar-refractivity contribution in [3.05, 3.63) is 88.4 Å². The first-order chi connectivity index (χ1) is 17.3. The number of nitrogens with one attached hydrogen (secondary N) is 1. The molecule has 6 nitrogen and oxygen atoms in total. The molecule has 0 saturated carbocycles. The van der Waals surface area contributed by atoms with E-state index >= 15 is 0 Å². The van der Waals surface area contributed by atoms with Crippen molar-refractivity contribution in [2.75, 3.05) is 18.4 Å². The molecule has 0 aliphatic carbocycles. The molecule has 9 heteroatoms. The summed E-state index contributed by atoms with van der Waals surface area (Å²) in [5.74, 6) is -0.434. The quantitative estimate of drug-likeness (QED) is 0.308. The number of fused-ring (bicyclic) bond motifs is 1. The zero-order valence-electron chi connectivity index (χ0n) is 19.2. The van der Waals surface area contributed by atoms with Crippen molar-refractivity contribution in [1.82, 2.24) is 9.29 Å². The van der Waals surface area contributed by atoms with Crippen LogP contribution in [0.1, 0.15) is 29.6 Å². The van der Waals surface area contributed by atoms with Gasteiger partial charge in [0.1, 0.15) is 0 Å². The van der Waals surface area contributed by atoms with Crippen molar-refractivity contribution in [2.24, 2.45) is 0 Å². The number of carbonyl (C=O) groups excluding carboxylic acids is 1. The topological polar surface area (TPSA) is 79.4 Å². The second-order valence-corrected chi connectivity index (χ2v) is 11.4. The molecule has 0 bridgehead atoms. The van der Waals surface area contributed by atoms with E-state index in [9.17, 15) is 13.2 Å². The van der Waals surface area contributed by atoms with Gasteiger partial charge in [0, 0.05) is 29.1 Å². The maximum absolute atomic E-state index is 13.5. The predicted molar refractivity (Wildman–Crippen MR) is 144 cm³/mol. The summed E-state index contributed by atoms with van der Waals surface area (Å²) >= 11 is 12.8. The number of para-hydroxylation sites is 1. The fourth-order valence-corrected chi connectivity index (χ4v) is 6.32. The Hall–Kier alpha value is -2.97. The van der Waals surface area contributed by atoms with Gasteiger partial charge in [0.2, 0.25) is 10.0 Å². The van der Waals surface area contributed by atoms with E-state index < -0.39 is 15.9 Å². The first-order valence-corrected chi connectivity index (χ1v) is 13.8. The molecule has 184 valence electrons. The zero-order chi connectivity index (χ0) is 25.3. The van der Waals surface area contributed by atoms with Gasteiger partial charge in [-0.25, -0.2) is 13.4 Å². The van der Waals surface area contributed by atoms with E-state index in [0.717, 1.165) is 19.3 Å². The zero-order valence-corrected chi connectivity index (χ0v) is 21.6. The third-order valence-corrected chi connectivity index (χ3v) is 8.80. The lowest BCUT2D eigenvalue weighted by Gasteiger charge is -2.26. The van der Waals surface area contributed by atoms with E-state index in [1.807, 2.05) is 42.5 Å². The molecule has 1 N–H and O–H groups in total. The van der Waals surface area contributed by atoms with Crippen LogP contribution in [0.25, 0.3) is 22.2 Å². The van der Waals surface area contributed by atoms with Crippen LogP contribution in [0.15, 0.2) is 77.7 Å². The fourth-order valence-electron chi connectivity index (χ4n) is 4.37. The average Bonchev–Trinajstić information content (AvgIpc) is 2.90. The van der Waals surface area contributed by atoms with Crippen LogP contribution < -0.4 is 5.32 Å². The molecular weight excluding hydrogens is 517 g/mol. The third kappa shape index (κ3) is 4.84. The van der Waals surface area contributed by atoms with Gasteiger partial charge < -0.3 is 5.32 Å². The Morgan fingerprint density at radius 3 is 2.36 bits per heavy atom. The minimum atomic E-state index is -3.69. The Labute approximate surface area is 219 Å². The summed E-state index contributed by atoms with van der Waals surface area (Å²) in [7, 11) is -3.69. The number of pyridine rings is 1. The number of rotatable bonds is 5. The first-order valence-electron chi connectivity index (χ1n) is 11.6. The van der Waals surface area contributed by atoms with E-state index in [1.54, 1.807) is 12.1 Å². The number of nitrogens with zero attached hydrogens (tertiary/aromatic N) is 2. The number of anilines is 1. The Kier molecular flexibility index (Phi) is 6.99. The monoisotopic (exact) mass is 539 g/mol. The molecule has 1 aliphatic rings. The molecule has 36 heavy (non-hydrogen) atoms. The second kappa shape index (κ2) is 10.2. The van der Waals surface area contributed by atoms with Gasteiger partial charge in [-0.15, -0.1) is 0 Å². The molecule has 0 spiro atoms. The minimum absolute atomic E-state index is 0.0976. The molecule has 4 aromatic rings. The molecule has 1 aromatic heterocycles. The minimum Gasteiger partial charge on any atom is -0.321 e. The number of halogens is 2. The van der Waals surface area contributed by atoms with Crippen molar-refractivity contribution in [3.63, 3.8) is 0 Å². The SMILES string of the molecule is O=C(Nc1cc(S(=O)(=O)N2CCCCC2)ccc1Cl)c1cc(-c2ccccc2Cl)nc2ccccc12. The van der Waals surface area contributed by atoms with Crippen LogP contribution in [0.5, 0.6) is 0 Å². The van der Waals surface area contributed by atoms with E-state index in [-0.39, 0.29) is 15.6 Å². The van der Waals surface area contributed by atoms with Crippen LogP contribution in [0.3, 0.4) is 0 Å². The van der Waals surface area contributed by atoms with Gasteiger partial charge in [-0.05, 0) is 49.2 Å². The summed E-state index contributed by atoms with van der Waals surface area (Å²) in [4.78, 5) is 18.3. The smallest absolute Gasteiger partial charge is 0.256 e. The van der Waals surface area contributed by atoms with E-state index in [1.165, 1.54) is 22.5 Å². The summed E-state index contributed by atoms with van der Waals surface area (Å²) in [6.45, 7) is 0.973. The Morgan fingerprint density at radius 2 is 1.58 bits per heavy atom. The Balaban J connectivity index is 1.53. The number of carbonyl (C=O) groups is 1. The maximum atomic E-state index is 13.5. The predicted octanol–water partition coefficient (Wildman–Crippen LogP) is 6.64. The normalized spacial score (nSPS) is 14.6. The van der Waals surface area contributed by atoms with Gasteiger partial charge >= 0.3 is 0 Å². The van der Waals surface area contributed by atoms with Crippen LogP contribution in [0.4, 0.5) is 5.69 Å². The summed E-state index contributed by atoms with van der Waals surface area (Å²) in [6, 6.07) is 20.7. The molecule has 5 rings (SSSR count). The number of aromatic nitrogens is 1. The molecule has 0 atom stereocenters. The van der Waals surface area contributed by atoms with Crippen LogP contribution in [0.2, 0.25) is 10.0 Å². The lowest BCUT2D eigenvalue weighted by molar-refractivity contribution is 0.102. The van der Waals surface area contributed by atoms with E-state index in [4.69, 9.17) is 28.2 Å². The van der Waals surface area contributed by atoms with Gasteiger partial charge in [-0.1, -0.05) is 66.0 Å². The van der Waals surface area contributed by atoms with Crippen LogP contribution in [-0.2, 0) is 10.0 Å². The highest BCUT2D eigenvalue weighted by atomic mass is 35.5. The lowest BCUT2D eigenvalue weighted by Crippen LogP contribution is -2.35. The number of sulfonamides is 1. The number of hydrogen-bond donors (Lipinski definition) is 1. The largest absolute Gasteiger partial charge is 0.321 e. The first kappa shape index (κ1) is 24.7. The van der Waals surface area contributed by atoms with Gasteiger partial charge in [0.05, 0.1) is 32.4 Å². The van der Waals surface area contributed by atoms with Crippen LogP contribution in [-0.4, -0.2) is 36.7 Å². The summed E-state index contributed by atoms with van der Waals surface area (Å²) in [5.41, 5.74) is 2.48. The van der Waals surface area contributed by atoms with Crippen molar-refractivity contribution in [2.45, 2.75) is 24.2 Å². The number of hydrogen-bond acceptors (Lipinski definition) is 4. The number of amides is 1. The fraction of sp³-hybridized carbons (Fsp3) is 0.185. The van der Waals surface area contributed by atoms with Crippen LogP contribution in [0, 0.1) is 0 Å². The molecule has 0 radical (unpaired) electrons. The highest BCUT2D eigenvalue weighted by molar-refractivity contribution is 7.89. The van der Waals surface area contributed by atoms with E-state index in [2.05, 4.69) is 5.32 Å². The van der Waals surface area contributed by atoms with Crippen molar-refractivity contribution in [3.8, 4) is 11.3 Å². The molecule has 1 fully saturated rings. The summed E-state index contributed by atoms with van der Waals surface area (Å²) in [5, 5.41) is 4.22. The molecule has 2 heterocycles. The summed E-state index contributed by atoms with van der Waals surface area (Å²) < 4.78 is 27.8. The molecule has 1 aliphatic heterocycles. The lowest BCUT2D eigenvalue weighted by atomic mass is 10.0. The van der Waals surface area contributed by atoms with Gasteiger partial charge in [0.15, 0.2) is 0 Å². The molecular formula is C27H23Cl2N3O3S. The highest BCUT2D eigenvalue weighted by Crippen LogP contribution is 2.32. The molecule has 3 aromatic carbocycles. The second-order valence-electron chi connectivity index (χ2n) is 8.61. The maximum Gasteiger partial charge on any atom is 0.256 e. The van der Waals surface area contributed by atoms with Crippen molar-refractivity contribution < 1.29 is 13.2 Å².